The van der Waals surface area contributed by atoms with Crippen LogP contribution in [0.25, 0.3) is 0 Å². The molecule has 1 unspecified atom stereocenters. The molecule has 1 aromatic rings. The zero-order valence-electron chi connectivity index (χ0n) is 10.2. The second-order valence-corrected chi connectivity index (χ2v) is 5.55. The molecular weight excluding hydrogens is 212 g/mol. The first-order valence-corrected chi connectivity index (χ1v) is 6.47. The molecule has 0 radical (unpaired) electrons. The highest BCUT2D eigenvalue weighted by molar-refractivity contribution is 5.74. The van der Waals surface area contributed by atoms with Crippen LogP contribution in [0.1, 0.15) is 42.4 Å². The lowest BCUT2D eigenvalue weighted by Gasteiger charge is -2.51. The van der Waals surface area contributed by atoms with E-state index >= 15 is 0 Å². The van der Waals surface area contributed by atoms with E-state index in [0.29, 0.717) is 0 Å². The van der Waals surface area contributed by atoms with Crippen molar-refractivity contribution < 1.29 is 9.90 Å². The summed E-state index contributed by atoms with van der Waals surface area (Å²) in [5.41, 5.74) is 4.00. The monoisotopic (exact) mass is 230 g/mol. The van der Waals surface area contributed by atoms with Gasteiger partial charge in [0.15, 0.2) is 0 Å². The maximum Gasteiger partial charge on any atom is 0.307 e. The molecule has 0 heterocycles. The zero-order valence-corrected chi connectivity index (χ0v) is 10.2. The molecule has 1 saturated carbocycles. The van der Waals surface area contributed by atoms with E-state index in [-0.39, 0.29) is 11.3 Å². The van der Waals surface area contributed by atoms with Crippen molar-refractivity contribution in [3.63, 3.8) is 0 Å². The fraction of sp³-hybridized carbons (Fsp3) is 0.533. The van der Waals surface area contributed by atoms with Gasteiger partial charge in [-0.2, -0.15) is 0 Å². The Morgan fingerprint density at radius 1 is 1.41 bits per heavy atom. The lowest BCUT2D eigenvalue weighted by Crippen LogP contribution is -2.49. The third-order valence-electron chi connectivity index (χ3n) is 4.77. The summed E-state index contributed by atoms with van der Waals surface area (Å²) in [5.74, 6) is -0.761. The molecule has 2 aliphatic carbocycles. The molecule has 0 bridgehead atoms. The first-order valence-electron chi connectivity index (χ1n) is 6.47. The number of hydrogen-bond acceptors (Lipinski definition) is 1. The molecule has 1 spiro atoms. The third kappa shape index (κ3) is 1.36. The summed E-state index contributed by atoms with van der Waals surface area (Å²) < 4.78 is 0. The molecule has 1 N–H and O–H groups in total. The number of rotatable bonds is 1. The average molecular weight is 230 g/mol. The quantitative estimate of drug-likeness (QED) is 0.805. The highest BCUT2D eigenvalue weighted by Crippen LogP contribution is 2.55. The number of carbonyl (C=O) groups is 1. The Hall–Kier alpha value is -1.31. The van der Waals surface area contributed by atoms with Crippen molar-refractivity contribution in [2.24, 2.45) is 5.92 Å². The smallest absolute Gasteiger partial charge is 0.307 e. The molecule has 1 aromatic carbocycles. The molecule has 0 amide bonds. The second-order valence-electron chi connectivity index (χ2n) is 5.55. The number of benzene rings is 1. The summed E-state index contributed by atoms with van der Waals surface area (Å²) in [5, 5.41) is 9.46. The van der Waals surface area contributed by atoms with Crippen molar-refractivity contribution >= 4 is 5.97 Å². The molecule has 2 aliphatic rings. The molecule has 17 heavy (non-hydrogen) atoms. The lowest BCUT2D eigenvalue weighted by atomic mass is 9.52. The normalized spacial score (nSPS) is 25.1. The lowest BCUT2D eigenvalue weighted by molar-refractivity contribution is -0.147. The topological polar surface area (TPSA) is 37.3 Å². The molecule has 0 aromatic heterocycles. The van der Waals surface area contributed by atoms with Gasteiger partial charge in [-0.05, 0) is 49.3 Å². The van der Waals surface area contributed by atoms with Gasteiger partial charge in [-0.15, -0.1) is 0 Å². The molecule has 3 rings (SSSR count). The van der Waals surface area contributed by atoms with Crippen LogP contribution in [-0.4, -0.2) is 11.1 Å². The predicted molar refractivity (Wildman–Crippen MR) is 66.2 cm³/mol. The van der Waals surface area contributed by atoms with E-state index in [9.17, 15) is 9.90 Å². The van der Waals surface area contributed by atoms with Crippen molar-refractivity contribution in [3.8, 4) is 0 Å². The molecule has 2 nitrogen and oxygen atoms in total. The van der Waals surface area contributed by atoms with Gasteiger partial charge in [0.25, 0.3) is 0 Å². The molecule has 2 heteroatoms. The number of carboxylic acids is 1. The Balaban J connectivity index is 2.16. The van der Waals surface area contributed by atoms with E-state index in [0.717, 1.165) is 25.7 Å². The number of aliphatic carboxylic acids is 1. The number of carboxylic acid groups (broad SMARTS) is 1. The Labute approximate surface area is 102 Å². The average Bonchev–Trinajstić information content (AvgIpc) is 2.25. The Morgan fingerprint density at radius 3 is 2.76 bits per heavy atom. The van der Waals surface area contributed by atoms with Gasteiger partial charge in [-0.1, -0.05) is 24.6 Å². The molecule has 0 saturated heterocycles. The maximum absolute atomic E-state index is 11.5. The van der Waals surface area contributed by atoms with Gasteiger partial charge < -0.3 is 5.11 Å². The highest BCUT2D eigenvalue weighted by atomic mass is 16.4. The van der Waals surface area contributed by atoms with Crippen molar-refractivity contribution in [1.82, 2.24) is 0 Å². The van der Waals surface area contributed by atoms with E-state index in [1.165, 1.54) is 23.1 Å². The van der Waals surface area contributed by atoms with Crippen LogP contribution in [0.4, 0.5) is 0 Å². The van der Waals surface area contributed by atoms with Crippen LogP contribution in [0.2, 0.25) is 0 Å². The minimum absolute atomic E-state index is 0.0369. The maximum atomic E-state index is 11.5. The minimum Gasteiger partial charge on any atom is -0.481 e. The predicted octanol–water partition coefficient (Wildman–Crippen LogP) is 3.06. The van der Waals surface area contributed by atoms with E-state index in [4.69, 9.17) is 0 Å². The van der Waals surface area contributed by atoms with Crippen molar-refractivity contribution in [1.29, 1.82) is 0 Å². The third-order valence-corrected chi connectivity index (χ3v) is 4.77. The molecule has 1 fully saturated rings. The van der Waals surface area contributed by atoms with Gasteiger partial charge in [-0.3, -0.25) is 4.79 Å². The van der Waals surface area contributed by atoms with Crippen LogP contribution in [0.5, 0.6) is 0 Å². The van der Waals surface area contributed by atoms with Crippen LogP contribution in [0, 0.1) is 12.8 Å². The SMILES string of the molecule is Cc1cccc2c1C1(CCC1)C(C(=O)O)CC2. The minimum atomic E-state index is -0.599. The highest BCUT2D eigenvalue weighted by Gasteiger charge is 2.51. The van der Waals surface area contributed by atoms with Gasteiger partial charge in [0, 0.05) is 5.41 Å². The van der Waals surface area contributed by atoms with Crippen LogP contribution in [0.3, 0.4) is 0 Å². The van der Waals surface area contributed by atoms with Gasteiger partial charge >= 0.3 is 5.97 Å². The summed E-state index contributed by atoms with van der Waals surface area (Å²) in [6.07, 6.45) is 5.03. The van der Waals surface area contributed by atoms with Crippen molar-refractivity contribution in [2.75, 3.05) is 0 Å². The summed E-state index contributed by atoms with van der Waals surface area (Å²) in [4.78, 5) is 11.5. The standard InChI is InChI=1S/C15H18O2/c1-10-4-2-5-11-6-7-12(14(16)17)15(13(10)11)8-3-9-15/h2,4-5,12H,3,6-9H2,1H3,(H,16,17). The van der Waals surface area contributed by atoms with E-state index in [1.807, 2.05) is 0 Å². The van der Waals surface area contributed by atoms with Crippen LogP contribution < -0.4 is 0 Å². The Bertz CT molecular complexity index is 472. The fourth-order valence-electron chi connectivity index (χ4n) is 3.92. The van der Waals surface area contributed by atoms with Crippen molar-refractivity contribution in [3.05, 3.63) is 34.9 Å². The summed E-state index contributed by atoms with van der Waals surface area (Å²) >= 11 is 0. The number of fused-ring (bicyclic) bond motifs is 2. The number of aryl methyl sites for hydroxylation is 2. The molecular formula is C15H18O2. The molecule has 1 atom stereocenters. The molecule has 90 valence electrons. The van der Waals surface area contributed by atoms with Gasteiger partial charge in [0.2, 0.25) is 0 Å². The first kappa shape index (κ1) is 10.8. The van der Waals surface area contributed by atoms with Gasteiger partial charge in [-0.25, -0.2) is 0 Å². The van der Waals surface area contributed by atoms with E-state index in [1.54, 1.807) is 0 Å². The van der Waals surface area contributed by atoms with E-state index in [2.05, 4.69) is 25.1 Å². The van der Waals surface area contributed by atoms with Crippen LogP contribution in [-0.2, 0) is 16.6 Å². The zero-order chi connectivity index (χ0) is 12.0. The van der Waals surface area contributed by atoms with Crippen molar-refractivity contribution in [2.45, 2.75) is 44.4 Å². The number of hydrogen-bond donors (Lipinski definition) is 1. The fourth-order valence-corrected chi connectivity index (χ4v) is 3.92. The Morgan fingerprint density at radius 2 is 2.18 bits per heavy atom. The van der Waals surface area contributed by atoms with Crippen LogP contribution >= 0.6 is 0 Å². The first-order chi connectivity index (χ1) is 8.15. The second kappa shape index (κ2) is 3.59. The Kier molecular flexibility index (Phi) is 2.29. The van der Waals surface area contributed by atoms with Gasteiger partial charge in [0.05, 0.1) is 5.92 Å². The van der Waals surface area contributed by atoms with Crippen LogP contribution in [0.15, 0.2) is 18.2 Å². The summed E-state index contributed by atoms with van der Waals surface area (Å²) in [7, 11) is 0. The largest absolute Gasteiger partial charge is 0.481 e. The molecule has 0 aliphatic heterocycles. The summed E-state index contributed by atoms with van der Waals surface area (Å²) in [6, 6.07) is 6.41. The van der Waals surface area contributed by atoms with Gasteiger partial charge in [0.1, 0.15) is 0 Å². The van der Waals surface area contributed by atoms with E-state index < -0.39 is 5.97 Å². The summed E-state index contributed by atoms with van der Waals surface area (Å²) in [6.45, 7) is 2.13.